The summed E-state index contributed by atoms with van der Waals surface area (Å²) in [5.74, 6) is -0.681. The molecule has 0 bridgehead atoms. The van der Waals surface area contributed by atoms with Gasteiger partial charge in [0, 0.05) is 12.7 Å². The van der Waals surface area contributed by atoms with E-state index in [4.69, 9.17) is 0 Å². The lowest BCUT2D eigenvalue weighted by molar-refractivity contribution is -0.124. The molecule has 1 aromatic heterocycles. The Kier molecular flexibility index (Phi) is 8.55. The van der Waals surface area contributed by atoms with E-state index in [1.165, 1.54) is 30.7 Å². The average Bonchev–Trinajstić information content (AvgIpc) is 3.15. The summed E-state index contributed by atoms with van der Waals surface area (Å²) in [6.45, 7) is 4.47. The zero-order chi connectivity index (χ0) is 22.1. The van der Waals surface area contributed by atoms with E-state index in [0.29, 0.717) is 13.0 Å². The number of imidazole rings is 1. The molecular weight excluding hydrogens is 408 g/mol. The first-order valence-electron chi connectivity index (χ1n) is 9.97. The van der Waals surface area contributed by atoms with Crippen LogP contribution in [-0.4, -0.2) is 40.9 Å². The Morgan fingerprint density at radius 1 is 1.17 bits per heavy atom. The molecule has 0 radical (unpaired) electrons. The predicted octanol–water partition coefficient (Wildman–Crippen LogP) is 3.03. The number of hydrogen-bond donors (Lipinski definition) is 3. The smallest absolute Gasteiger partial charge is 0.295 e. The van der Waals surface area contributed by atoms with Crippen molar-refractivity contribution >= 4 is 27.8 Å². The molecule has 0 saturated heterocycles. The third-order valence-electron chi connectivity index (χ3n) is 4.60. The van der Waals surface area contributed by atoms with Crippen molar-refractivity contribution in [2.75, 3.05) is 11.9 Å². The molecule has 0 spiro atoms. The van der Waals surface area contributed by atoms with Gasteiger partial charge >= 0.3 is 0 Å². The molecule has 0 saturated carbocycles. The van der Waals surface area contributed by atoms with Crippen LogP contribution < -0.4 is 10.6 Å². The molecule has 2 rings (SSSR count). The number of nitrogens with one attached hydrogen (secondary N) is 2. The third kappa shape index (κ3) is 6.39. The maximum Gasteiger partial charge on any atom is 0.295 e. The van der Waals surface area contributed by atoms with Gasteiger partial charge in [0.05, 0.1) is 11.9 Å². The van der Waals surface area contributed by atoms with Crippen LogP contribution in [0.25, 0.3) is 0 Å². The summed E-state index contributed by atoms with van der Waals surface area (Å²) in [5, 5.41) is 5.33. The van der Waals surface area contributed by atoms with Crippen LogP contribution in [0.2, 0.25) is 0 Å². The average molecular weight is 437 g/mol. The minimum absolute atomic E-state index is 0.124. The summed E-state index contributed by atoms with van der Waals surface area (Å²) in [6, 6.07) is 4.88. The van der Waals surface area contributed by atoms with Crippen LogP contribution in [0, 0.1) is 0 Å². The van der Waals surface area contributed by atoms with Crippen molar-refractivity contribution in [1.82, 2.24) is 14.9 Å². The maximum atomic E-state index is 12.5. The second kappa shape index (κ2) is 10.9. The lowest BCUT2D eigenvalue weighted by Gasteiger charge is -2.17. The number of carbonyl (C=O) groups is 2. The van der Waals surface area contributed by atoms with E-state index in [-0.39, 0.29) is 17.3 Å². The minimum Gasteiger partial charge on any atom is -0.355 e. The van der Waals surface area contributed by atoms with Crippen LogP contribution >= 0.6 is 0 Å². The number of aromatic nitrogens is 2. The normalized spacial score (nSPS) is 12.4. The monoisotopic (exact) mass is 436 g/mol. The summed E-state index contributed by atoms with van der Waals surface area (Å²) in [7, 11) is -4.55. The molecule has 2 aromatic rings. The van der Waals surface area contributed by atoms with Crippen LogP contribution in [0.15, 0.2) is 41.7 Å². The van der Waals surface area contributed by atoms with Gasteiger partial charge in [-0.05, 0) is 25.5 Å². The van der Waals surface area contributed by atoms with E-state index >= 15 is 0 Å². The van der Waals surface area contributed by atoms with Crippen LogP contribution in [0.3, 0.4) is 0 Å². The van der Waals surface area contributed by atoms with Gasteiger partial charge in [-0.1, -0.05) is 44.7 Å². The minimum atomic E-state index is -4.55. The molecule has 0 fully saturated rings. The zero-order valence-corrected chi connectivity index (χ0v) is 18.0. The molecule has 1 aromatic carbocycles. The van der Waals surface area contributed by atoms with Gasteiger partial charge in [0.25, 0.3) is 16.0 Å². The summed E-state index contributed by atoms with van der Waals surface area (Å²) in [4.78, 5) is 28.6. The molecule has 0 aliphatic heterocycles. The van der Waals surface area contributed by atoms with E-state index in [1.807, 2.05) is 6.92 Å². The highest BCUT2D eigenvalue weighted by Crippen LogP contribution is 2.20. The Bertz CT molecular complexity index is 971. The number of likely N-dealkylation sites (N-methyl/N-ethyl adjacent to an activating group) is 1. The van der Waals surface area contributed by atoms with Gasteiger partial charge in [-0.3, -0.25) is 14.1 Å². The van der Waals surface area contributed by atoms with Gasteiger partial charge in [-0.15, -0.1) is 0 Å². The van der Waals surface area contributed by atoms with Crippen molar-refractivity contribution < 1.29 is 22.6 Å². The molecular formula is C20H28N4O5S. The molecule has 9 nitrogen and oxygen atoms in total. The van der Waals surface area contributed by atoms with E-state index in [0.717, 1.165) is 31.7 Å². The van der Waals surface area contributed by atoms with Crippen molar-refractivity contribution in [2.45, 2.75) is 56.9 Å². The van der Waals surface area contributed by atoms with Gasteiger partial charge in [0.2, 0.25) is 5.91 Å². The van der Waals surface area contributed by atoms with Gasteiger partial charge in [-0.25, -0.2) is 4.98 Å². The van der Waals surface area contributed by atoms with E-state index in [9.17, 15) is 22.6 Å². The number of anilines is 1. The predicted molar refractivity (Wildman–Crippen MR) is 113 cm³/mol. The van der Waals surface area contributed by atoms with Gasteiger partial charge in [0.1, 0.15) is 10.9 Å². The lowest BCUT2D eigenvalue weighted by atomic mass is 10.1. The van der Waals surface area contributed by atoms with Crippen molar-refractivity contribution in [3.63, 3.8) is 0 Å². The molecule has 10 heteroatoms. The zero-order valence-electron chi connectivity index (χ0n) is 17.2. The summed E-state index contributed by atoms with van der Waals surface area (Å²) >= 11 is 0. The fraction of sp³-hybridized carbons (Fsp3) is 0.450. The first kappa shape index (κ1) is 23.6. The van der Waals surface area contributed by atoms with E-state index in [1.54, 1.807) is 4.57 Å². The van der Waals surface area contributed by atoms with Crippen LogP contribution in [0.1, 0.15) is 62.4 Å². The number of amides is 2. The molecule has 1 heterocycles. The lowest BCUT2D eigenvalue weighted by Crippen LogP contribution is -2.32. The molecule has 1 unspecified atom stereocenters. The molecule has 3 N–H and O–H groups in total. The van der Waals surface area contributed by atoms with Crippen molar-refractivity contribution in [3.8, 4) is 0 Å². The van der Waals surface area contributed by atoms with Gasteiger partial charge in [-0.2, -0.15) is 8.42 Å². The number of unbranched alkanes of at least 4 members (excludes halogenated alkanes) is 3. The Hall–Kier alpha value is -2.72. The van der Waals surface area contributed by atoms with Crippen LogP contribution in [0.4, 0.5) is 5.82 Å². The number of benzene rings is 1. The standard InChI is InChI=1S/C20H28N4O5S/c1-3-5-6-7-11-16(20(26)21-4-2)24-13-18(22-14-24)23-19(25)15-10-8-9-12-17(15)30(27,28)29/h8-10,12-14,16H,3-7,11H2,1-2H3,(H,21,26)(H,23,25)(H,27,28,29). The summed E-state index contributed by atoms with van der Waals surface area (Å²) < 4.78 is 34.0. The second-order valence-electron chi connectivity index (χ2n) is 6.89. The highest BCUT2D eigenvalue weighted by molar-refractivity contribution is 7.86. The largest absolute Gasteiger partial charge is 0.355 e. The van der Waals surface area contributed by atoms with Crippen molar-refractivity contribution in [3.05, 3.63) is 42.4 Å². The first-order valence-corrected chi connectivity index (χ1v) is 11.4. The SMILES string of the molecule is CCCCCCC(C(=O)NCC)n1cnc(NC(=O)c2ccccc2S(=O)(=O)O)c1. The number of nitrogens with zero attached hydrogens (tertiary/aromatic N) is 2. The number of rotatable bonds is 11. The van der Waals surface area contributed by atoms with Crippen LogP contribution in [0.5, 0.6) is 0 Å². The first-order chi connectivity index (χ1) is 14.3. The molecule has 0 aliphatic rings. The molecule has 1 atom stereocenters. The highest BCUT2D eigenvalue weighted by atomic mass is 32.2. The molecule has 30 heavy (non-hydrogen) atoms. The molecule has 0 aliphatic carbocycles. The molecule has 164 valence electrons. The summed E-state index contributed by atoms with van der Waals surface area (Å²) in [5.41, 5.74) is -0.200. The number of carbonyl (C=O) groups excluding carboxylic acids is 2. The fourth-order valence-electron chi connectivity index (χ4n) is 3.11. The van der Waals surface area contributed by atoms with Crippen LogP contribution in [-0.2, 0) is 14.9 Å². The Morgan fingerprint density at radius 3 is 2.57 bits per heavy atom. The highest BCUT2D eigenvalue weighted by Gasteiger charge is 2.22. The van der Waals surface area contributed by atoms with Crippen molar-refractivity contribution in [1.29, 1.82) is 0 Å². The third-order valence-corrected chi connectivity index (χ3v) is 5.51. The second-order valence-corrected chi connectivity index (χ2v) is 8.28. The number of hydrogen-bond acceptors (Lipinski definition) is 5. The van der Waals surface area contributed by atoms with E-state index < -0.39 is 27.0 Å². The Balaban J connectivity index is 2.17. The Morgan fingerprint density at radius 2 is 1.90 bits per heavy atom. The van der Waals surface area contributed by atoms with Crippen molar-refractivity contribution in [2.24, 2.45) is 0 Å². The fourth-order valence-corrected chi connectivity index (χ4v) is 3.80. The quantitative estimate of drug-likeness (QED) is 0.367. The van der Waals surface area contributed by atoms with Gasteiger partial charge < -0.3 is 15.2 Å². The Labute approximate surface area is 176 Å². The maximum absolute atomic E-state index is 12.5. The molecule has 2 amide bonds. The van der Waals surface area contributed by atoms with E-state index in [2.05, 4.69) is 22.5 Å². The van der Waals surface area contributed by atoms with Gasteiger partial charge in [0.15, 0.2) is 5.82 Å². The topological polar surface area (TPSA) is 130 Å². The summed E-state index contributed by atoms with van der Waals surface area (Å²) in [6.07, 6.45) is 7.74.